The monoisotopic (exact) mass is 328 g/mol. The third-order valence-electron chi connectivity index (χ3n) is 4.03. The van der Waals surface area contributed by atoms with Crippen molar-refractivity contribution in [3.05, 3.63) is 52.1 Å². The standard InChI is InChI=1S/C18H16O6/c1-22-8-9-4-5-10-13(17(9)23-2)16(21)14-11(15(10)20)6-7-12(19)18(14)24-3/h4-7,19H,8H2,1-3H3. The Labute approximate surface area is 138 Å². The summed E-state index contributed by atoms with van der Waals surface area (Å²) in [7, 11) is 4.30. The van der Waals surface area contributed by atoms with Gasteiger partial charge in [-0.15, -0.1) is 0 Å². The molecule has 2 aromatic rings. The van der Waals surface area contributed by atoms with Crippen LogP contribution in [0.1, 0.15) is 37.4 Å². The quantitative estimate of drug-likeness (QED) is 0.791. The molecule has 1 aliphatic rings. The number of ether oxygens (including phenoxy) is 3. The van der Waals surface area contributed by atoms with Crippen LogP contribution in [-0.2, 0) is 11.3 Å². The Morgan fingerprint density at radius 2 is 1.42 bits per heavy atom. The summed E-state index contributed by atoms with van der Waals surface area (Å²) in [5.74, 6) is -0.672. The molecule has 1 N–H and O–H groups in total. The topological polar surface area (TPSA) is 82.1 Å². The third kappa shape index (κ3) is 2.15. The fraction of sp³-hybridized carbons (Fsp3) is 0.222. The first kappa shape index (κ1) is 16.0. The van der Waals surface area contributed by atoms with Gasteiger partial charge in [-0.1, -0.05) is 6.07 Å². The van der Waals surface area contributed by atoms with Crippen molar-refractivity contribution < 1.29 is 28.9 Å². The molecule has 0 atom stereocenters. The van der Waals surface area contributed by atoms with E-state index in [2.05, 4.69) is 0 Å². The largest absolute Gasteiger partial charge is 0.504 e. The van der Waals surface area contributed by atoms with Crippen LogP contribution in [0.4, 0.5) is 0 Å². The number of hydrogen-bond donors (Lipinski definition) is 1. The smallest absolute Gasteiger partial charge is 0.202 e. The van der Waals surface area contributed by atoms with Crippen LogP contribution in [0.5, 0.6) is 17.2 Å². The Bertz CT molecular complexity index is 853. The number of carbonyl (C=O) groups is 2. The van der Waals surface area contributed by atoms with Crippen molar-refractivity contribution in [3.63, 3.8) is 0 Å². The van der Waals surface area contributed by atoms with Gasteiger partial charge < -0.3 is 19.3 Å². The Kier molecular flexibility index (Phi) is 3.99. The lowest BCUT2D eigenvalue weighted by Gasteiger charge is -2.23. The first-order valence-corrected chi connectivity index (χ1v) is 7.23. The number of carbonyl (C=O) groups excluding carboxylic acids is 2. The van der Waals surface area contributed by atoms with E-state index < -0.39 is 5.78 Å². The van der Waals surface area contributed by atoms with E-state index in [1.54, 1.807) is 12.1 Å². The van der Waals surface area contributed by atoms with Gasteiger partial charge in [-0.2, -0.15) is 0 Å². The number of phenols is 1. The van der Waals surface area contributed by atoms with Crippen LogP contribution in [0.25, 0.3) is 0 Å². The van der Waals surface area contributed by atoms with Crippen molar-refractivity contribution in [3.8, 4) is 17.2 Å². The summed E-state index contributed by atoms with van der Waals surface area (Å²) in [6.07, 6.45) is 0. The lowest BCUT2D eigenvalue weighted by molar-refractivity contribution is 0.0972. The predicted molar refractivity (Wildman–Crippen MR) is 85.2 cm³/mol. The molecule has 0 saturated heterocycles. The van der Waals surface area contributed by atoms with Crippen molar-refractivity contribution in [2.45, 2.75) is 6.61 Å². The molecule has 1 aliphatic carbocycles. The molecule has 124 valence electrons. The maximum absolute atomic E-state index is 13.1. The van der Waals surface area contributed by atoms with E-state index >= 15 is 0 Å². The van der Waals surface area contributed by atoms with E-state index in [0.29, 0.717) is 11.3 Å². The minimum Gasteiger partial charge on any atom is -0.504 e. The lowest BCUT2D eigenvalue weighted by atomic mass is 9.82. The molecule has 0 unspecified atom stereocenters. The molecule has 6 heteroatoms. The van der Waals surface area contributed by atoms with Gasteiger partial charge in [0.1, 0.15) is 5.75 Å². The highest BCUT2D eigenvalue weighted by molar-refractivity contribution is 6.30. The first-order chi connectivity index (χ1) is 11.5. The SMILES string of the molecule is COCc1ccc2c(c1OC)C(=O)c1c(ccc(O)c1OC)C2=O. The summed E-state index contributed by atoms with van der Waals surface area (Å²) in [4.78, 5) is 25.9. The Hall–Kier alpha value is -2.86. The molecule has 0 heterocycles. The maximum Gasteiger partial charge on any atom is 0.202 e. The minimum atomic E-state index is -0.429. The molecule has 6 nitrogen and oxygen atoms in total. The van der Waals surface area contributed by atoms with Crippen molar-refractivity contribution in [2.24, 2.45) is 0 Å². The molecular weight excluding hydrogens is 312 g/mol. The minimum absolute atomic E-state index is 0.0179. The van der Waals surface area contributed by atoms with E-state index in [-0.39, 0.29) is 46.1 Å². The zero-order valence-electron chi connectivity index (χ0n) is 13.5. The summed E-state index contributed by atoms with van der Waals surface area (Å²) in [6.45, 7) is 0.238. The number of rotatable bonds is 4. The van der Waals surface area contributed by atoms with E-state index in [1.807, 2.05) is 0 Å². The summed E-state index contributed by atoms with van der Waals surface area (Å²) in [5, 5.41) is 9.94. The summed E-state index contributed by atoms with van der Waals surface area (Å²) in [5.41, 5.74) is 1.32. The van der Waals surface area contributed by atoms with Crippen molar-refractivity contribution in [2.75, 3.05) is 21.3 Å². The number of phenolic OH excluding ortho intramolecular Hbond substituents is 1. The molecule has 24 heavy (non-hydrogen) atoms. The van der Waals surface area contributed by atoms with Crippen molar-refractivity contribution in [1.29, 1.82) is 0 Å². The van der Waals surface area contributed by atoms with Gasteiger partial charge in [-0.3, -0.25) is 9.59 Å². The third-order valence-corrected chi connectivity index (χ3v) is 4.03. The average Bonchev–Trinajstić information content (AvgIpc) is 2.59. The summed E-state index contributed by atoms with van der Waals surface area (Å²) >= 11 is 0. The number of benzene rings is 2. The van der Waals surface area contributed by atoms with Crippen LogP contribution in [0.3, 0.4) is 0 Å². The predicted octanol–water partition coefficient (Wildman–Crippen LogP) is 2.33. The van der Waals surface area contributed by atoms with E-state index in [4.69, 9.17) is 14.2 Å². The second-order valence-electron chi connectivity index (χ2n) is 5.31. The second kappa shape index (κ2) is 5.98. The van der Waals surface area contributed by atoms with Crippen LogP contribution >= 0.6 is 0 Å². The molecule has 0 aliphatic heterocycles. The molecule has 2 aromatic carbocycles. The number of aromatic hydroxyl groups is 1. The number of hydrogen-bond acceptors (Lipinski definition) is 6. The molecule has 3 rings (SSSR count). The number of fused-ring (bicyclic) bond motifs is 2. The zero-order chi connectivity index (χ0) is 17.4. The Morgan fingerprint density at radius 1 is 0.833 bits per heavy atom. The second-order valence-corrected chi connectivity index (χ2v) is 5.31. The molecule has 0 spiro atoms. The summed E-state index contributed by atoms with van der Waals surface area (Å²) in [6, 6.07) is 6.06. The molecule has 0 aromatic heterocycles. The molecule has 0 fully saturated rings. The van der Waals surface area contributed by atoms with Crippen LogP contribution in [0.2, 0.25) is 0 Å². The van der Waals surface area contributed by atoms with Crippen LogP contribution in [0.15, 0.2) is 24.3 Å². The molecule has 0 saturated carbocycles. The average molecular weight is 328 g/mol. The van der Waals surface area contributed by atoms with Crippen molar-refractivity contribution >= 4 is 11.6 Å². The molecule has 0 radical (unpaired) electrons. The number of methoxy groups -OCH3 is 3. The van der Waals surface area contributed by atoms with Crippen LogP contribution in [-0.4, -0.2) is 38.0 Å². The van der Waals surface area contributed by atoms with Crippen LogP contribution < -0.4 is 9.47 Å². The highest BCUT2D eigenvalue weighted by Gasteiger charge is 2.36. The molecular formula is C18H16O6. The first-order valence-electron chi connectivity index (χ1n) is 7.23. The van der Waals surface area contributed by atoms with Gasteiger partial charge in [0.15, 0.2) is 17.3 Å². The number of ketones is 2. The maximum atomic E-state index is 13.1. The molecule has 0 bridgehead atoms. The Morgan fingerprint density at radius 3 is 2.00 bits per heavy atom. The summed E-state index contributed by atoms with van der Waals surface area (Å²) < 4.78 is 15.6. The normalized spacial score (nSPS) is 12.6. The van der Waals surface area contributed by atoms with Gasteiger partial charge >= 0.3 is 0 Å². The van der Waals surface area contributed by atoms with Gasteiger partial charge in [-0.05, 0) is 18.2 Å². The van der Waals surface area contributed by atoms with Crippen molar-refractivity contribution in [1.82, 2.24) is 0 Å². The van der Waals surface area contributed by atoms with Gasteiger partial charge in [-0.25, -0.2) is 0 Å². The molecule has 0 amide bonds. The van der Waals surface area contributed by atoms with Gasteiger partial charge in [0.25, 0.3) is 0 Å². The van der Waals surface area contributed by atoms with E-state index in [9.17, 15) is 14.7 Å². The zero-order valence-corrected chi connectivity index (χ0v) is 13.5. The Balaban J connectivity index is 2.32. The lowest BCUT2D eigenvalue weighted by Crippen LogP contribution is -2.23. The fourth-order valence-corrected chi connectivity index (χ4v) is 3.01. The fourth-order valence-electron chi connectivity index (χ4n) is 3.01. The van der Waals surface area contributed by atoms with E-state index in [1.165, 1.54) is 33.5 Å². The van der Waals surface area contributed by atoms with Gasteiger partial charge in [0.2, 0.25) is 5.78 Å². The highest BCUT2D eigenvalue weighted by atomic mass is 16.5. The van der Waals surface area contributed by atoms with Crippen LogP contribution in [0, 0.1) is 0 Å². The van der Waals surface area contributed by atoms with Gasteiger partial charge in [0, 0.05) is 23.8 Å². The van der Waals surface area contributed by atoms with E-state index in [0.717, 1.165) is 0 Å². The highest BCUT2D eigenvalue weighted by Crippen LogP contribution is 2.42. The van der Waals surface area contributed by atoms with Gasteiger partial charge in [0.05, 0.1) is 32.0 Å².